The molecular weight excluding hydrogens is 647 g/mol. The molecule has 1 aromatic heterocycles. The Hall–Kier alpha value is -2.27. The lowest BCUT2D eigenvalue weighted by Crippen LogP contribution is -2.75. The Bertz CT molecular complexity index is 1150. The predicted octanol–water partition coefficient (Wildman–Crippen LogP) is 6.47. The minimum Gasteiger partial charge on any atom is -0.200 e. The lowest BCUT2D eigenvalue weighted by Gasteiger charge is -2.43. The maximum atomic E-state index is 13.8. The summed E-state index contributed by atoms with van der Waals surface area (Å²) < 4.78 is 280. The number of halogens is 19. The van der Waals surface area contributed by atoms with Crippen molar-refractivity contribution in [1.82, 2.24) is 0 Å². The Balaban J connectivity index is 3.61. The van der Waals surface area contributed by atoms with Crippen LogP contribution in [0.3, 0.4) is 0 Å². The number of rotatable bonds is 12. The molecule has 4 nitrogen and oxygen atoms in total. The molecule has 0 amide bonds. The largest absolute Gasteiger partial charge is 0.519 e. The van der Waals surface area contributed by atoms with E-state index in [1.54, 1.807) is 0 Å². The summed E-state index contributed by atoms with van der Waals surface area (Å²) in [5.74, 6) is -58.8. The third-order valence-corrected chi connectivity index (χ3v) is 5.86. The molecule has 0 spiro atoms. The van der Waals surface area contributed by atoms with Crippen molar-refractivity contribution in [2.45, 2.75) is 66.6 Å². The highest BCUT2D eigenvalue weighted by atomic mass is 32.2. The maximum Gasteiger partial charge on any atom is 0.519 e. The summed E-state index contributed by atoms with van der Waals surface area (Å²) in [6.07, 6.45) is -19.9. The van der Waals surface area contributed by atoms with E-state index in [1.165, 1.54) is 0 Å². The molecule has 0 atom stereocenters. The zero-order valence-corrected chi connectivity index (χ0v) is 18.9. The average Bonchev–Trinajstić information content (AvgIpc) is 2.76. The Kier molecular flexibility index (Phi) is 8.87. The van der Waals surface area contributed by atoms with Gasteiger partial charge >= 0.3 is 64.0 Å². The second-order valence-corrected chi connectivity index (χ2v) is 8.97. The van der Waals surface area contributed by atoms with Gasteiger partial charge in [0.2, 0.25) is 0 Å². The van der Waals surface area contributed by atoms with Crippen LogP contribution in [0.25, 0.3) is 0 Å². The first-order valence-electron chi connectivity index (χ1n) is 9.28. The van der Waals surface area contributed by atoms with Crippen molar-refractivity contribution < 1.29 is 100.0 Å². The van der Waals surface area contributed by atoms with E-state index < -0.39 is 80.9 Å². The molecule has 0 N–H and O–H groups in total. The minimum absolute atomic E-state index is 0.159. The Morgan fingerprint density at radius 2 is 0.850 bits per heavy atom. The summed E-state index contributed by atoms with van der Waals surface area (Å²) in [5, 5.41) is 0. The fourth-order valence-corrected chi connectivity index (χ4v) is 3.31. The predicted molar refractivity (Wildman–Crippen MR) is 86.9 cm³/mol. The van der Waals surface area contributed by atoms with Crippen molar-refractivity contribution in [3.63, 3.8) is 0 Å². The molecule has 0 fully saturated rings. The molecule has 0 unspecified atom stereocenters. The molecule has 0 aliphatic rings. The van der Waals surface area contributed by atoms with Gasteiger partial charge in [-0.3, -0.25) is 0 Å². The summed E-state index contributed by atoms with van der Waals surface area (Å²) in [5.41, 5.74) is 0. The van der Waals surface area contributed by atoms with Gasteiger partial charge in [-0.2, -0.15) is 83.4 Å². The van der Waals surface area contributed by atoms with E-state index in [9.17, 15) is 91.8 Å². The van der Waals surface area contributed by atoms with E-state index in [0.717, 1.165) is 6.07 Å². The number of pyridine rings is 1. The van der Waals surface area contributed by atoms with E-state index >= 15 is 0 Å². The van der Waals surface area contributed by atoms with Crippen molar-refractivity contribution in [3.8, 4) is 0 Å². The zero-order valence-electron chi connectivity index (χ0n) is 18.1. The summed E-state index contributed by atoms with van der Waals surface area (Å²) >= 11 is 0. The number of hydrogen-bond donors (Lipinski definition) is 0. The molecule has 0 aliphatic carbocycles. The SMILES string of the molecule is O=S(=O)(OC(F)(F)C(F)(F)C(F)(F)C(F)(F)C(F)(F)C(F)(F)C(F)(F)C(F)(F)CCC(F)(F)F)[n+]1ccccc1. The van der Waals surface area contributed by atoms with E-state index in [-0.39, 0.29) is 12.4 Å². The van der Waals surface area contributed by atoms with Crippen LogP contribution in [0.4, 0.5) is 83.4 Å². The van der Waals surface area contributed by atoms with Crippen LogP contribution in [-0.2, 0) is 14.5 Å². The normalized spacial score (nSPS) is 15.9. The Morgan fingerprint density at radius 3 is 1.23 bits per heavy atom. The van der Waals surface area contributed by atoms with Crippen LogP contribution in [0.15, 0.2) is 30.6 Å². The van der Waals surface area contributed by atoms with Gasteiger partial charge in [0, 0.05) is 25.0 Å². The molecule has 234 valence electrons. The summed E-state index contributed by atoms with van der Waals surface area (Å²) in [6.45, 7) is 0. The van der Waals surface area contributed by atoms with Crippen LogP contribution in [0, 0.1) is 0 Å². The monoisotopic (exact) mass is 656 g/mol. The lowest BCUT2D eigenvalue weighted by atomic mass is 9.88. The molecule has 24 heteroatoms. The van der Waals surface area contributed by atoms with Gasteiger partial charge in [-0.15, -0.1) is 12.6 Å². The fourth-order valence-electron chi connectivity index (χ4n) is 2.42. The molecule has 0 aromatic carbocycles. The maximum absolute atomic E-state index is 13.8. The number of aromatic nitrogens is 1. The number of hydrogen-bond acceptors (Lipinski definition) is 3. The van der Waals surface area contributed by atoms with Crippen LogP contribution in [-0.4, -0.2) is 62.2 Å². The molecule has 1 aromatic rings. The number of nitrogens with zero attached hydrogens (tertiary/aromatic N) is 1. The standard InChI is InChI=1S/C16H9F19NO3S/c17-8(18,4-5-9(19,20)21)10(22,23)11(24,25)12(26,27)13(28,29)14(30,31)15(32,33)16(34,35)39-40(37,38)36-6-2-1-3-7-36/h1-3,6-7H,4-5H2/q+1. The second kappa shape index (κ2) is 9.93. The molecule has 0 aliphatic heterocycles. The van der Waals surface area contributed by atoms with Gasteiger partial charge in [-0.25, -0.2) is 0 Å². The van der Waals surface area contributed by atoms with E-state index in [0.29, 0.717) is 12.1 Å². The van der Waals surface area contributed by atoms with Crippen LogP contribution < -0.4 is 3.97 Å². The smallest absolute Gasteiger partial charge is 0.200 e. The van der Waals surface area contributed by atoms with E-state index in [4.69, 9.17) is 0 Å². The van der Waals surface area contributed by atoms with Crippen LogP contribution >= 0.6 is 0 Å². The summed E-state index contributed by atoms with van der Waals surface area (Å²) in [7, 11) is -6.47. The summed E-state index contributed by atoms with van der Waals surface area (Å²) in [4.78, 5) is 0. The van der Waals surface area contributed by atoms with Crippen molar-refractivity contribution in [1.29, 1.82) is 0 Å². The molecule has 40 heavy (non-hydrogen) atoms. The van der Waals surface area contributed by atoms with Gasteiger partial charge in [-0.1, -0.05) is 10.0 Å². The van der Waals surface area contributed by atoms with Gasteiger partial charge in [0.05, 0.1) is 0 Å². The van der Waals surface area contributed by atoms with Crippen molar-refractivity contribution in [2.24, 2.45) is 0 Å². The lowest BCUT2D eigenvalue weighted by molar-refractivity contribution is -0.530. The number of alkyl halides is 19. The van der Waals surface area contributed by atoms with E-state index in [1.807, 2.05) is 0 Å². The van der Waals surface area contributed by atoms with Crippen LogP contribution in [0.2, 0.25) is 0 Å². The van der Waals surface area contributed by atoms with Gasteiger partial charge < -0.3 is 0 Å². The zero-order chi connectivity index (χ0) is 32.2. The first-order valence-corrected chi connectivity index (χ1v) is 10.6. The highest BCUT2D eigenvalue weighted by Crippen LogP contribution is 2.64. The van der Waals surface area contributed by atoms with Crippen molar-refractivity contribution in [3.05, 3.63) is 30.6 Å². The molecule has 1 heterocycles. The van der Waals surface area contributed by atoms with Gasteiger partial charge in [0.25, 0.3) is 0 Å². The fraction of sp³-hybridized carbons (Fsp3) is 0.688. The van der Waals surface area contributed by atoms with E-state index in [2.05, 4.69) is 4.18 Å². The molecular formula is C16H9F19NO3S+. The average molecular weight is 656 g/mol. The molecule has 0 radical (unpaired) electrons. The molecule has 0 bridgehead atoms. The molecule has 0 saturated heterocycles. The van der Waals surface area contributed by atoms with Crippen LogP contribution in [0.1, 0.15) is 12.8 Å². The first kappa shape index (κ1) is 35.8. The molecule has 1 rings (SSSR count). The third kappa shape index (κ3) is 5.60. The quantitative estimate of drug-likeness (QED) is 0.192. The minimum atomic E-state index is -8.91. The summed E-state index contributed by atoms with van der Waals surface area (Å²) in [6, 6.07) is 2.15. The topological polar surface area (TPSA) is 47.3 Å². The highest BCUT2D eigenvalue weighted by Gasteiger charge is 2.95. The second-order valence-electron chi connectivity index (χ2n) is 7.53. The first-order chi connectivity index (χ1) is 17.3. The van der Waals surface area contributed by atoms with Gasteiger partial charge in [-0.05, 0) is 0 Å². The van der Waals surface area contributed by atoms with Crippen LogP contribution in [0.5, 0.6) is 0 Å². The van der Waals surface area contributed by atoms with Gasteiger partial charge in [0.1, 0.15) is 0 Å². The van der Waals surface area contributed by atoms with Crippen molar-refractivity contribution in [2.75, 3.05) is 0 Å². The highest BCUT2D eigenvalue weighted by molar-refractivity contribution is 7.80. The van der Waals surface area contributed by atoms with Crippen molar-refractivity contribution >= 4 is 10.3 Å². The molecule has 0 saturated carbocycles. The Morgan fingerprint density at radius 1 is 0.500 bits per heavy atom. The third-order valence-electron chi connectivity index (χ3n) is 4.68. The Labute approximate surface area is 208 Å². The van der Waals surface area contributed by atoms with Gasteiger partial charge in [0.15, 0.2) is 12.4 Å².